The fourth-order valence-corrected chi connectivity index (χ4v) is 13.0. The molecule has 0 spiro atoms. The zero-order valence-corrected chi connectivity index (χ0v) is 53.9. The summed E-state index contributed by atoms with van der Waals surface area (Å²) in [6.07, 6.45) is 4.87. The Morgan fingerprint density at radius 2 is 1.21 bits per heavy atom. The molecule has 3 fully saturated rings. The predicted octanol–water partition coefficient (Wildman–Crippen LogP) is -4.98. The molecule has 2 aromatic rings. The van der Waals surface area contributed by atoms with Crippen molar-refractivity contribution in [2.45, 2.75) is 183 Å². The molecular formula is C60H92N20O13S. The number of carbonyl (C=O) groups excluding carboxylic acids is 10. The van der Waals surface area contributed by atoms with E-state index in [1.165, 1.54) is 39.9 Å². The van der Waals surface area contributed by atoms with Crippen LogP contribution < -0.4 is 77.4 Å². The van der Waals surface area contributed by atoms with E-state index >= 15 is 4.79 Å². The second kappa shape index (κ2) is 35.7. The van der Waals surface area contributed by atoms with Crippen LogP contribution in [-0.2, 0) is 72.1 Å². The van der Waals surface area contributed by atoms with Crippen LogP contribution in [-0.4, -0.2) is 214 Å². The maximum Gasteiger partial charge on any atom is 0.326 e. The van der Waals surface area contributed by atoms with Crippen LogP contribution in [0.4, 0.5) is 0 Å². The van der Waals surface area contributed by atoms with E-state index < -0.39 is 145 Å². The molecule has 10 amide bonds. The molecule has 0 unspecified atom stereocenters. The van der Waals surface area contributed by atoms with E-state index in [1.807, 2.05) is 6.07 Å². The first-order valence-electron chi connectivity index (χ1n) is 31.6. The fraction of sp³-hybridized carbons (Fsp3) is 0.600. The number of nitrogens with one attached hydrogen (secondary N) is 7. The van der Waals surface area contributed by atoms with E-state index in [0.29, 0.717) is 29.7 Å². The van der Waals surface area contributed by atoms with Crippen molar-refractivity contribution >= 4 is 94.3 Å². The maximum absolute atomic E-state index is 15.3. The van der Waals surface area contributed by atoms with Crippen LogP contribution in [0.25, 0.3) is 0 Å². The summed E-state index contributed by atoms with van der Waals surface area (Å²) < 4.78 is 0. The summed E-state index contributed by atoms with van der Waals surface area (Å²) in [5, 5.41) is 40.8. The molecule has 2 saturated heterocycles. The van der Waals surface area contributed by atoms with Gasteiger partial charge in [-0.25, -0.2) is 4.79 Å². The smallest absolute Gasteiger partial charge is 0.326 e. The minimum absolute atomic E-state index is 0.00117. The second-order valence-corrected chi connectivity index (χ2v) is 25.0. The number of aliphatic hydroxyl groups excluding tert-OH is 1. The van der Waals surface area contributed by atoms with Crippen molar-refractivity contribution in [3.8, 4) is 0 Å². The summed E-state index contributed by atoms with van der Waals surface area (Å²) in [7, 11) is 0. The molecule has 34 heteroatoms. The van der Waals surface area contributed by atoms with Gasteiger partial charge in [-0.15, -0.1) is 11.3 Å². The Hall–Kier alpha value is -9.18. The Morgan fingerprint density at radius 3 is 1.84 bits per heavy atom. The highest BCUT2D eigenvalue weighted by Gasteiger charge is 2.51. The molecule has 1 saturated carbocycles. The number of rotatable bonds is 33. The van der Waals surface area contributed by atoms with Crippen LogP contribution in [0.2, 0.25) is 0 Å². The molecule has 0 bridgehead atoms. The highest BCUT2D eigenvalue weighted by molar-refractivity contribution is 7.09. The number of hydrogen-bond acceptors (Lipinski definition) is 17. The number of nitrogens with two attached hydrogens (primary N) is 7. The van der Waals surface area contributed by atoms with Crippen LogP contribution in [0.3, 0.4) is 0 Å². The summed E-state index contributed by atoms with van der Waals surface area (Å²) in [6.45, 7) is 1.67. The van der Waals surface area contributed by atoms with Crippen molar-refractivity contribution in [2.75, 3.05) is 39.3 Å². The van der Waals surface area contributed by atoms with E-state index in [0.717, 1.165) is 24.8 Å². The predicted molar refractivity (Wildman–Crippen MR) is 347 cm³/mol. The molecule has 33 nitrogen and oxygen atoms in total. The number of fused-ring (bicyclic) bond motifs is 2. The molecule has 4 aliphatic rings. The van der Waals surface area contributed by atoms with E-state index in [9.17, 15) is 58.2 Å². The SMILES string of the molecule is C[C@H](NC(=O)[C@@H]1CCCN1C(=O)[C@H](C)NC(=O)[C@H](CCCN=C(N)N)NC(=O)[C@H](N)CCCN=C(N)N)C(=O)NCC(=O)N[C@@H](Cc1cccs1)C(=O)N[C@@H](CO)C(=O)N1Cc2ccccc2C[C@@H]1C(=O)N1[C@H](C(=O)N[C@@H](CCCN=C(N)N)C(=O)O)C[C@@H]2CCCC[C@@H]21. The Kier molecular flexibility index (Phi) is 28.1. The average Bonchev–Trinajstić information content (AvgIpc) is 1.50. The fourth-order valence-electron chi connectivity index (χ4n) is 12.3. The highest BCUT2D eigenvalue weighted by Crippen LogP contribution is 2.41. The molecule has 0 radical (unpaired) electrons. The Bertz CT molecular complexity index is 3100. The number of aliphatic hydroxyl groups is 1. The summed E-state index contributed by atoms with van der Waals surface area (Å²) in [6, 6.07) is -2.11. The van der Waals surface area contributed by atoms with Gasteiger partial charge in [0.15, 0.2) is 17.9 Å². The Labute approximate surface area is 548 Å². The second-order valence-electron chi connectivity index (χ2n) is 24.0. The zero-order valence-electron chi connectivity index (χ0n) is 53.0. The number of amides is 10. The van der Waals surface area contributed by atoms with Gasteiger partial charge in [0.1, 0.15) is 54.4 Å². The summed E-state index contributed by atoms with van der Waals surface area (Å²) in [4.78, 5) is 169. The van der Waals surface area contributed by atoms with Gasteiger partial charge in [-0.1, -0.05) is 43.2 Å². The first kappa shape index (κ1) is 73.9. The van der Waals surface area contributed by atoms with Crippen LogP contribution >= 0.6 is 11.3 Å². The quantitative estimate of drug-likeness (QED) is 0.0181. The molecule has 516 valence electrons. The Morgan fingerprint density at radius 1 is 0.606 bits per heavy atom. The standard InChI is InChI=1S/C60H92N20O13S/c1-32(72-52(87)44-20-10-24-78(44)54(89)33(2)73-50(85)39(17-8-22-69-59(64)65)75-49(84)38(61)16-7-21-68-58(62)63)48(83)71-29-47(82)74-41(28-37-15-11-25-94-37)51(86)77-42(31-81)55(90)79-30-36-14-4-3-12-34(36)26-46(79)56(91)80-43-19-6-5-13-35(43)27-45(80)53(88)76-40(57(92)93)18-9-23-70-60(66)67/h3-4,11-12,14-15,25,32-33,35,38-46,81H,5-10,13,16-24,26-31,61H2,1-2H3,(H,71,83)(H,72,87)(H,73,85)(H,74,82)(H,75,84)(H,76,88)(H,77,86)(H,92,93)(H4,62,63,68)(H4,64,65,69)(H4,66,67,70)/t32-,33-,35-,38+,39-,40-,41-,42-,43-,44-,45-,46+/m0/s1. The van der Waals surface area contributed by atoms with Crippen molar-refractivity contribution in [3.63, 3.8) is 0 Å². The topological polar surface area (TPSA) is 541 Å². The number of benzene rings is 1. The van der Waals surface area contributed by atoms with E-state index in [-0.39, 0.29) is 114 Å². The van der Waals surface area contributed by atoms with E-state index in [1.54, 1.807) is 35.7 Å². The highest BCUT2D eigenvalue weighted by atomic mass is 32.1. The van der Waals surface area contributed by atoms with Gasteiger partial charge in [0.2, 0.25) is 59.1 Å². The lowest BCUT2D eigenvalue weighted by molar-refractivity contribution is -0.153. The lowest BCUT2D eigenvalue weighted by Crippen LogP contribution is -2.63. The molecule has 94 heavy (non-hydrogen) atoms. The molecule has 1 aliphatic carbocycles. The minimum atomic E-state index is -1.65. The molecule has 23 N–H and O–H groups in total. The van der Waals surface area contributed by atoms with Gasteiger partial charge >= 0.3 is 5.97 Å². The monoisotopic (exact) mass is 1330 g/mol. The summed E-state index contributed by atoms with van der Waals surface area (Å²) in [5.41, 5.74) is 40.0. The summed E-state index contributed by atoms with van der Waals surface area (Å²) in [5.74, 6) is -9.07. The van der Waals surface area contributed by atoms with Gasteiger partial charge in [-0.3, -0.25) is 62.9 Å². The van der Waals surface area contributed by atoms with Crippen LogP contribution in [0, 0.1) is 5.92 Å². The van der Waals surface area contributed by atoms with Gasteiger partial charge < -0.3 is 102 Å². The van der Waals surface area contributed by atoms with Gasteiger partial charge in [-0.2, -0.15) is 0 Å². The van der Waals surface area contributed by atoms with Crippen molar-refractivity contribution in [1.82, 2.24) is 51.9 Å². The number of guanidine groups is 3. The average molecular weight is 1330 g/mol. The molecule has 3 aliphatic heterocycles. The van der Waals surface area contributed by atoms with Gasteiger partial charge in [0.25, 0.3) is 0 Å². The number of thiophene rings is 1. The normalized spacial score (nSPS) is 20.3. The van der Waals surface area contributed by atoms with Crippen LogP contribution in [0.1, 0.15) is 113 Å². The number of nitrogens with zero attached hydrogens (tertiary/aromatic N) is 6. The number of likely N-dealkylation sites (tertiary alicyclic amines) is 2. The molecule has 4 heterocycles. The van der Waals surface area contributed by atoms with E-state index in [2.05, 4.69) is 52.2 Å². The van der Waals surface area contributed by atoms with Crippen LogP contribution in [0.5, 0.6) is 0 Å². The van der Waals surface area contributed by atoms with E-state index in [4.69, 9.17) is 40.1 Å². The van der Waals surface area contributed by atoms with Crippen molar-refractivity contribution in [2.24, 2.45) is 61.0 Å². The van der Waals surface area contributed by atoms with Gasteiger partial charge in [0, 0.05) is 56.5 Å². The number of carbonyl (C=O) groups is 11. The zero-order chi connectivity index (χ0) is 68.8. The largest absolute Gasteiger partial charge is 0.480 e. The first-order chi connectivity index (χ1) is 44.8. The van der Waals surface area contributed by atoms with Crippen LogP contribution in [0.15, 0.2) is 56.8 Å². The lowest BCUT2D eigenvalue weighted by atomic mass is 9.84. The number of aliphatic imine (C=N–C) groups is 3. The molecule has 12 atom stereocenters. The lowest BCUT2D eigenvalue weighted by Gasteiger charge is -2.42. The third-order valence-electron chi connectivity index (χ3n) is 17.1. The third kappa shape index (κ3) is 21.2. The number of hydrogen-bond donors (Lipinski definition) is 16. The molecular weight excluding hydrogens is 1240 g/mol. The maximum atomic E-state index is 15.3. The van der Waals surface area contributed by atoms with Crippen molar-refractivity contribution in [3.05, 3.63) is 57.8 Å². The number of carboxylic acids is 1. The number of aliphatic carboxylic acids is 1. The Balaban J connectivity index is 1.08. The molecule has 6 rings (SSSR count). The first-order valence-corrected chi connectivity index (χ1v) is 32.5. The summed E-state index contributed by atoms with van der Waals surface area (Å²) >= 11 is 1.28. The molecule has 1 aromatic carbocycles. The van der Waals surface area contributed by atoms with Gasteiger partial charge in [0.05, 0.1) is 19.2 Å². The van der Waals surface area contributed by atoms with Crippen molar-refractivity contribution < 1.29 is 63.0 Å². The van der Waals surface area contributed by atoms with Crippen molar-refractivity contribution in [1.29, 1.82) is 0 Å². The van der Waals surface area contributed by atoms with Gasteiger partial charge in [-0.05, 0) is 113 Å². The minimum Gasteiger partial charge on any atom is -0.480 e. The third-order valence-corrected chi connectivity index (χ3v) is 18.0. The molecule has 1 aromatic heterocycles. The number of carboxylic acid groups (broad SMARTS) is 1.